The SMILES string of the molecule is COC(=O)C[C@H](c1cccnc1)c1c(C)[nH][nH]c1=O. The number of carbonyl (C=O) groups excluding carboxylic acids is 1. The molecule has 2 aromatic heterocycles. The van der Waals surface area contributed by atoms with Gasteiger partial charge in [0.2, 0.25) is 0 Å². The summed E-state index contributed by atoms with van der Waals surface area (Å²) in [6, 6.07) is 3.61. The minimum atomic E-state index is -0.367. The van der Waals surface area contributed by atoms with Crippen LogP contribution in [0.1, 0.15) is 29.2 Å². The first-order valence-corrected chi connectivity index (χ1v) is 5.87. The van der Waals surface area contributed by atoms with E-state index in [1.54, 1.807) is 25.4 Å². The number of H-pyrrole nitrogens is 2. The third-order valence-corrected chi connectivity index (χ3v) is 3.05. The molecule has 0 bridgehead atoms. The lowest BCUT2D eigenvalue weighted by molar-refractivity contribution is -0.140. The van der Waals surface area contributed by atoms with E-state index in [-0.39, 0.29) is 23.9 Å². The van der Waals surface area contributed by atoms with Gasteiger partial charge in [0, 0.05) is 29.6 Å². The first-order chi connectivity index (χ1) is 9.13. The van der Waals surface area contributed by atoms with Gasteiger partial charge in [0.25, 0.3) is 5.56 Å². The Hall–Kier alpha value is -2.37. The Balaban J connectivity index is 2.46. The van der Waals surface area contributed by atoms with Crippen molar-refractivity contribution in [3.05, 3.63) is 51.7 Å². The molecule has 0 aromatic carbocycles. The predicted octanol–water partition coefficient (Wildman–Crippen LogP) is 1.10. The number of ether oxygens (including phenoxy) is 1. The number of rotatable bonds is 4. The van der Waals surface area contributed by atoms with Crippen LogP contribution in [0.15, 0.2) is 29.3 Å². The number of aryl methyl sites for hydroxylation is 1. The zero-order valence-corrected chi connectivity index (χ0v) is 10.8. The van der Waals surface area contributed by atoms with Crippen molar-refractivity contribution in [3.63, 3.8) is 0 Å². The molecule has 19 heavy (non-hydrogen) atoms. The number of hydrogen-bond acceptors (Lipinski definition) is 4. The van der Waals surface area contributed by atoms with Crippen LogP contribution in [0.3, 0.4) is 0 Å². The molecule has 0 spiro atoms. The Bertz CT molecular complexity index is 616. The molecule has 0 saturated heterocycles. The first kappa shape index (κ1) is 13.1. The fraction of sp³-hybridized carbons (Fsp3) is 0.308. The lowest BCUT2D eigenvalue weighted by Crippen LogP contribution is -2.17. The van der Waals surface area contributed by atoms with Gasteiger partial charge in [0.05, 0.1) is 13.5 Å². The lowest BCUT2D eigenvalue weighted by atomic mass is 9.90. The fourth-order valence-electron chi connectivity index (χ4n) is 2.09. The summed E-state index contributed by atoms with van der Waals surface area (Å²) in [5, 5.41) is 5.29. The zero-order valence-electron chi connectivity index (χ0n) is 10.8. The Labute approximate surface area is 109 Å². The van der Waals surface area contributed by atoms with Crippen molar-refractivity contribution in [2.24, 2.45) is 0 Å². The number of aromatic nitrogens is 3. The largest absolute Gasteiger partial charge is 0.469 e. The monoisotopic (exact) mass is 261 g/mol. The maximum atomic E-state index is 11.9. The highest BCUT2D eigenvalue weighted by atomic mass is 16.5. The molecular weight excluding hydrogens is 246 g/mol. The Morgan fingerprint density at radius 3 is 2.79 bits per heavy atom. The van der Waals surface area contributed by atoms with Crippen LogP contribution < -0.4 is 5.56 Å². The van der Waals surface area contributed by atoms with Gasteiger partial charge in [-0.3, -0.25) is 19.7 Å². The molecule has 0 aliphatic rings. The maximum Gasteiger partial charge on any atom is 0.306 e. The number of esters is 1. The van der Waals surface area contributed by atoms with Gasteiger partial charge >= 0.3 is 5.97 Å². The van der Waals surface area contributed by atoms with Crippen LogP contribution in [0.25, 0.3) is 0 Å². The van der Waals surface area contributed by atoms with E-state index in [9.17, 15) is 9.59 Å². The number of pyridine rings is 1. The third kappa shape index (κ3) is 2.73. The van der Waals surface area contributed by atoms with Crippen molar-refractivity contribution in [2.45, 2.75) is 19.3 Å². The van der Waals surface area contributed by atoms with Gasteiger partial charge < -0.3 is 9.84 Å². The highest BCUT2D eigenvalue weighted by molar-refractivity contribution is 5.71. The number of nitrogens with zero attached hydrogens (tertiary/aromatic N) is 1. The van der Waals surface area contributed by atoms with E-state index >= 15 is 0 Å². The summed E-state index contributed by atoms with van der Waals surface area (Å²) in [5.41, 5.74) is 1.83. The van der Waals surface area contributed by atoms with Crippen LogP contribution in [0.4, 0.5) is 0 Å². The number of methoxy groups -OCH3 is 1. The molecule has 2 heterocycles. The predicted molar refractivity (Wildman–Crippen MR) is 68.9 cm³/mol. The van der Waals surface area contributed by atoms with Gasteiger partial charge in [-0.15, -0.1) is 0 Å². The zero-order chi connectivity index (χ0) is 13.8. The second-order valence-corrected chi connectivity index (χ2v) is 4.24. The molecule has 100 valence electrons. The van der Waals surface area contributed by atoms with Gasteiger partial charge in [-0.1, -0.05) is 6.07 Å². The minimum absolute atomic E-state index is 0.101. The van der Waals surface area contributed by atoms with Crippen LogP contribution >= 0.6 is 0 Å². The van der Waals surface area contributed by atoms with Crippen LogP contribution in [0, 0.1) is 6.92 Å². The van der Waals surface area contributed by atoms with Gasteiger partial charge in [-0.25, -0.2) is 0 Å². The Kier molecular flexibility index (Phi) is 3.79. The summed E-state index contributed by atoms with van der Waals surface area (Å²) in [5.74, 6) is -0.731. The topological polar surface area (TPSA) is 87.8 Å². The van der Waals surface area contributed by atoms with E-state index in [0.717, 1.165) is 5.56 Å². The van der Waals surface area contributed by atoms with Crippen molar-refractivity contribution in [2.75, 3.05) is 7.11 Å². The fourth-order valence-corrected chi connectivity index (χ4v) is 2.09. The second kappa shape index (κ2) is 5.51. The number of aromatic amines is 2. The smallest absolute Gasteiger partial charge is 0.306 e. The van der Waals surface area contributed by atoms with Gasteiger partial charge in [-0.2, -0.15) is 0 Å². The normalized spacial score (nSPS) is 12.1. The van der Waals surface area contributed by atoms with Crippen LogP contribution in [0.2, 0.25) is 0 Å². The second-order valence-electron chi connectivity index (χ2n) is 4.24. The summed E-state index contributed by atoms with van der Waals surface area (Å²) >= 11 is 0. The Morgan fingerprint density at radius 1 is 1.47 bits per heavy atom. The molecule has 1 atom stereocenters. The lowest BCUT2D eigenvalue weighted by Gasteiger charge is -2.14. The van der Waals surface area contributed by atoms with Crippen molar-refractivity contribution >= 4 is 5.97 Å². The van der Waals surface area contributed by atoms with Gasteiger partial charge in [0.15, 0.2) is 0 Å². The third-order valence-electron chi connectivity index (χ3n) is 3.05. The van der Waals surface area contributed by atoms with E-state index in [4.69, 9.17) is 4.74 Å². The van der Waals surface area contributed by atoms with E-state index < -0.39 is 0 Å². The molecule has 2 rings (SSSR count). The molecule has 0 aliphatic heterocycles. The molecule has 2 aromatic rings. The summed E-state index contributed by atoms with van der Waals surface area (Å²) in [4.78, 5) is 27.4. The van der Waals surface area contributed by atoms with E-state index in [2.05, 4.69) is 15.2 Å². The molecule has 0 saturated carbocycles. The van der Waals surface area contributed by atoms with Crippen molar-refractivity contribution in [1.29, 1.82) is 0 Å². The molecule has 6 heteroatoms. The van der Waals surface area contributed by atoms with E-state index in [1.807, 2.05) is 6.07 Å². The molecule has 0 fully saturated rings. The quantitative estimate of drug-likeness (QED) is 0.807. The summed E-state index contributed by atoms with van der Waals surface area (Å²) in [6.07, 6.45) is 3.40. The van der Waals surface area contributed by atoms with Crippen LogP contribution in [-0.2, 0) is 9.53 Å². The van der Waals surface area contributed by atoms with E-state index in [0.29, 0.717) is 11.3 Å². The standard InChI is InChI=1S/C13H15N3O3/c1-8-12(13(18)16-15-8)10(6-11(17)19-2)9-4-3-5-14-7-9/h3-5,7,10H,6H2,1-2H3,(H2,15,16,18)/t10-/m1/s1. The molecule has 2 N–H and O–H groups in total. The van der Waals surface area contributed by atoms with E-state index in [1.165, 1.54) is 7.11 Å². The number of hydrogen-bond donors (Lipinski definition) is 2. The van der Waals surface area contributed by atoms with Crippen molar-refractivity contribution in [3.8, 4) is 0 Å². The van der Waals surface area contributed by atoms with Crippen molar-refractivity contribution in [1.82, 2.24) is 15.2 Å². The summed E-state index contributed by atoms with van der Waals surface area (Å²) in [7, 11) is 1.33. The highest BCUT2D eigenvalue weighted by Gasteiger charge is 2.24. The summed E-state index contributed by atoms with van der Waals surface area (Å²) < 4.78 is 4.70. The number of nitrogens with one attached hydrogen (secondary N) is 2. The molecule has 0 aliphatic carbocycles. The highest BCUT2D eigenvalue weighted by Crippen LogP contribution is 2.27. The number of carbonyl (C=O) groups is 1. The van der Waals surface area contributed by atoms with Gasteiger partial charge in [0.1, 0.15) is 0 Å². The Morgan fingerprint density at radius 2 is 2.26 bits per heavy atom. The molecule has 0 amide bonds. The molecule has 0 radical (unpaired) electrons. The first-order valence-electron chi connectivity index (χ1n) is 5.87. The maximum absolute atomic E-state index is 11.9. The molecular formula is C13H15N3O3. The average Bonchev–Trinajstić information content (AvgIpc) is 2.76. The van der Waals surface area contributed by atoms with Crippen molar-refractivity contribution < 1.29 is 9.53 Å². The average molecular weight is 261 g/mol. The molecule has 6 nitrogen and oxygen atoms in total. The minimum Gasteiger partial charge on any atom is -0.469 e. The summed E-state index contributed by atoms with van der Waals surface area (Å²) in [6.45, 7) is 1.79. The van der Waals surface area contributed by atoms with Crippen LogP contribution in [0.5, 0.6) is 0 Å². The molecule has 0 unspecified atom stereocenters. The van der Waals surface area contributed by atoms with Gasteiger partial charge in [-0.05, 0) is 18.6 Å². The van der Waals surface area contributed by atoms with Crippen LogP contribution in [-0.4, -0.2) is 28.3 Å².